The molecule has 0 bridgehead atoms. The highest BCUT2D eigenvalue weighted by Gasteiger charge is 2.12. The van der Waals surface area contributed by atoms with Crippen LogP contribution in [-0.4, -0.2) is 27.2 Å². The molecule has 0 spiro atoms. The first kappa shape index (κ1) is 20.3. The van der Waals surface area contributed by atoms with Gasteiger partial charge in [-0.25, -0.2) is 9.07 Å². The summed E-state index contributed by atoms with van der Waals surface area (Å²) in [6, 6.07) is 13.8. The van der Waals surface area contributed by atoms with Gasteiger partial charge in [-0.2, -0.15) is 5.10 Å². The molecule has 0 saturated heterocycles. The van der Waals surface area contributed by atoms with Gasteiger partial charge in [-0.1, -0.05) is 40.2 Å². The number of benzene rings is 2. The van der Waals surface area contributed by atoms with Gasteiger partial charge in [0.1, 0.15) is 11.6 Å². The number of halogens is 2. The lowest BCUT2D eigenvalue weighted by atomic mass is 10.1. The summed E-state index contributed by atoms with van der Waals surface area (Å²) in [7, 11) is 0. The SMILES string of the molecule is CC(=O)c1ccc(SCC(=O)Nc2ccnn2Cc2ccccc2Br)c(F)c1. The molecular formula is C20H17BrFN3O2S. The van der Waals surface area contributed by atoms with E-state index in [1.807, 2.05) is 24.3 Å². The number of thioether (sulfide) groups is 1. The van der Waals surface area contributed by atoms with Crippen LogP contribution in [0.1, 0.15) is 22.8 Å². The molecule has 0 aliphatic rings. The molecule has 1 heterocycles. The van der Waals surface area contributed by atoms with Crippen molar-refractivity contribution in [3.63, 3.8) is 0 Å². The van der Waals surface area contributed by atoms with E-state index in [2.05, 4.69) is 26.3 Å². The number of amides is 1. The van der Waals surface area contributed by atoms with Gasteiger partial charge in [-0.3, -0.25) is 9.59 Å². The van der Waals surface area contributed by atoms with E-state index < -0.39 is 5.82 Å². The van der Waals surface area contributed by atoms with Crippen LogP contribution in [0.3, 0.4) is 0 Å². The van der Waals surface area contributed by atoms with Gasteiger partial charge in [0.2, 0.25) is 5.91 Å². The van der Waals surface area contributed by atoms with Gasteiger partial charge in [0.15, 0.2) is 5.78 Å². The molecule has 8 heteroatoms. The summed E-state index contributed by atoms with van der Waals surface area (Å²) in [5, 5.41) is 7.05. The maximum Gasteiger partial charge on any atom is 0.235 e. The number of anilines is 1. The highest BCUT2D eigenvalue weighted by atomic mass is 79.9. The van der Waals surface area contributed by atoms with E-state index in [1.54, 1.807) is 23.0 Å². The number of carbonyl (C=O) groups is 2. The fraction of sp³-hybridized carbons (Fsp3) is 0.150. The second-order valence-corrected chi connectivity index (χ2v) is 7.88. The highest BCUT2D eigenvalue weighted by Crippen LogP contribution is 2.23. The highest BCUT2D eigenvalue weighted by molar-refractivity contribution is 9.10. The zero-order valence-electron chi connectivity index (χ0n) is 15.0. The number of aromatic nitrogens is 2. The maximum atomic E-state index is 14.1. The molecule has 0 saturated carbocycles. The largest absolute Gasteiger partial charge is 0.310 e. The van der Waals surface area contributed by atoms with Crippen molar-refractivity contribution in [3.05, 3.63) is 76.1 Å². The molecule has 0 aliphatic heterocycles. The van der Waals surface area contributed by atoms with Crippen LogP contribution in [0.4, 0.5) is 10.2 Å². The first-order chi connectivity index (χ1) is 13.4. The van der Waals surface area contributed by atoms with Crippen LogP contribution in [0.5, 0.6) is 0 Å². The monoisotopic (exact) mass is 461 g/mol. The minimum absolute atomic E-state index is 0.0382. The van der Waals surface area contributed by atoms with Crippen molar-refractivity contribution in [3.8, 4) is 0 Å². The third-order valence-corrected chi connectivity index (χ3v) is 5.78. The van der Waals surface area contributed by atoms with E-state index in [-0.39, 0.29) is 17.4 Å². The Kier molecular flexibility index (Phi) is 6.64. The van der Waals surface area contributed by atoms with Crippen molar-refractivity contribution in [2.75, 3.05) is 11.1 Å². The van der Waals surface area contributed by atoms with E-state index in [9.17, 15) is 14.0 Å². The molecule has 5 nitrogen and oxygen atoms in total. The predicted octanol–water partition coefficient (Wildman–Crippen LogP) is 4.77. The average Bonchev–Trinajstić information content (AvgIpc) is 3.09. The summed E-state index contributed by atoms with van der Waals surface area (Å²) in [6.45, 7) is 1.88. The van der Waals surface area contributed by atoms with E-state index in [4.69, 9.17) is 0 Å². The zero-order chi connectivity index (χ0) is 20.1. The van der Waals surface area contributed by atoms with Crippen molar-refractivity contribution < 1.29 is 14.0 Å². The fourth-order valence-corrected chi connectivity index (χ4v) is 3.64. The van der Waals surface area contributed by atoms with E-state index in [0.717, 1.165) is 21.8 Å². The van der Waals surface area contributed by atoms with Crippen LogP contribution >= 0.6 is 27.7 Å². The fourth-order valence-electron chi connectivity index (χ4n) is 2.51. The standard InChI is InChI=1S/C20H17BrFN3O2S/c1-13(26)14-6-7-18(17(22)10-14)28-12-20(27)24-19-8-9-23-25(19)11-15-4-2-3-5-16(15)21/h2-10H,11-12H2,1H3,(H,24,27). The van der Waals surface area contributed by atoms with Crippen molar-refractivity contribution >= 4 is 45.2 Å². The van der Waals surface area contributed by atoms with Crippen LogP contribution in [-0.2, 0) is 11.3 Å². The number of hydrogen-bond donors (Lipinski definition) is 1. The van der Waals surface area contributed by atoms with Gasteiger partial charge < -0.3 is 5.32 Å². The Hall–Kier alpha value is -2.45. The van der Waals surface area contributed by atoms with Crippen LogP contribution in [0.2, 0.25) is 0 Å². The predicted molar refractivity (Wildman–Crippen MR) is 111 cm³/mol. The Bertz CT molecular complexity index is 1020. The second-order valence-electron chi connectivity index (χ2n) is 6.00. The Morgan fingerprint density at radius 1 is 1.21 bits per heavy atom. The average molecular weight is 462 g/mol. The second kappa shape index (κ2) is 9.16. The summed E-state index contributed by atoms with van der Waals surface area (Å²) in [4.78, 5) is 23.9. The van der Waals surface area contributed by atoms with Gasteiger partial charge >= 0.3 is 0 Å². The lowest BCUT2D eigenvalue weighted by Crippen LogP contribution is -2.18. The summed E-state index contributed by atoms with van der Waals surface area (Å²) >= 11 is 4.57. The maximum absolute atomic E-state index is 14.1. The summed E-state index contributed by atoms with van der Waals surface area (Å²) in [5.74, 6) is -0.380. The topological polar surface area (TPSA) is 64.0 Å². The molecule has 0 radical (unpaired) electrons. The minimum atomic E-state index is -0.510. The number of nitrogens with zero attached hydrogens (tertiary/aromatic N) is 2. The number of carbonyl (C=O) groups excluding carboxylic acids is 2. The minimum Gasteiger partial charge on any atom is -0.310 e. The summed E-state index contributed by atoms with van der Waals surface area (Å²) in [5.41, 5.74) is 1.34. The number of Topliss-reactive ketones (excluding diaryl/α,β-unsaturated/α-hetero) is 1. The molecule has 3 aromatic rings. The molecule has 28 heavy (non-hydrogen) atoms. The Morgan fingerprint density at radius 3 is 2.71 bits per heavy atom. The first-order valence-electron chi connectivity index (χ1n) is 8.42. The normalized spacial score (nSPS) is 10.7. The molecule has 2 aromatic carbocycles. The van der Waals surface area contributed by atoms with E-state index >= 15 is 0 Å². The van der Waals surface area contributed by atoms with Gasteiger partial charge in [-0.15, -0.1) is 11.8 Å². The number of rotatable bonds is 7. The number of hydrogen-bond acceptors (Lipinski definition) is 4. The summed E-state index contributed by atoms with van der Waals surface area (Å²) < 4.78 is 16.7. The van der Waals surface area contributed by atoms with Gasteiger partial charge in [0.05, 0.1) is 18.5 Å². The molecule has 3 rings (SSSR count). The van der Waals surface area contributed by atoms with Crippen LogP contribution in [0.25, 0.3) is 0 Å². The number of nitrogens with one attached hydrogen (secondary N) is 1. The molecule has 0 unspecified atom stereocenters. The molecule has 1 N–H and O–H groups in total. The van der Waals surface area contributed by atoms with E-state index in [1.165, 1.54) is 19.1 Å². The van der Waals surface area contributed by atoms with Gasteiger partial charge in [0, 0.05) is 21.0 Å². The summed E-state index contributed by atoms with van der Waals surface area (Å²) in [6.07, 6.45) is 1.61. The van der Waals surface area contributed by atoms with Gasteiger partial charge in [-0.05, 0) is 30.7 Å². The molecule has 1 aromatic heterocycles. The molecule has 0 aliphatic carbocycles. The van der Waals surface area contributed by atoms with Crippen molar-refractivity contribution in [2.24, 2.45) is 0 Å². The third-order valence-electron chi connectivity index (χ3n) is 3.96. The first-order valence-corrected chi connectivity index (χ1v) is 10.2. The van der Waals surface area contributed by atoms with Crippen molar-refractivity contribution in [1.82, 2.24) is 9.78 Å². The molecule has 0 fully saturated rings. The lowest BCUT2D eigenvalue weighted by molar-refractivity contribution is -0.113. The van der Waals surface area contributed by atoms with Gasteiger partial charge in [0.25, 0.3) is 0 Å². The van der Waals surface area contributed by atoms with E-state index in [0.29, 0.717) is 22.8 Å². The number of ketones is 1. The molecule has 144 valence electrons. The Balaban J connectivity index is 1.61. The molecule has 1 amide bonds. The zero-order valence-corrected chi connectivity index (χ0v) is 17.4. The quantitative estimate of drug-likeness (QED) is 0.406. The van der Waals surface area contributed by atoms with Crippen molar-refractivity contribution in [2.45, 2.75) is 18.4 Å². The van der Waals surface area contributed by atoms with Crippen LogP contribution in [0, 0.1) is 5.82 Å². The molecule has 0 atom stereocenters. The van der Waals surface area contributed by atoms with Crippen LogP contribution < -0.4 is 5.32 Å². The Labute approximate surface area is 174 Å². The lowest BCUT2D eigenvalue weighted by Gasteiger charge is -2.10. The van der Waals surface area contributed by atoms with Crippen LogP contribution in [0.15, 0.2) is 64.1 Å². The smallest absolute Gasteiger partial charge is 0.235 e. The molecular weight excluding hydrogens is 445 g/mol. The Morgan fingerprint density at radius 2 is 2.00 bits per heavy atom. The third kappa shape index (κ3) is 5.08. The van der Waals surface area contributed by atoms with Crippen molar-refractivity contribution in [1.29, 1.82) is 0 Å².